The molecular formula is C21H31N3O. The van der Waals surface area contributed by atoms with Crippen LogP contribution in [0.25, 0.3) is 11.3 Å². The Bertz CT molecular complexity index is 707. The van der Waals surface area contributed by atoms with E-state index in [9.17, 15) is 0 Å². The van der Waals surface area contributed by atoms with Crippen molar-refractivity contribution in [2.45, 2.75) is 66.3 Å². The topological polar surface area (TPSA) is 47.0 Å². The van der Waals surface area contributed by atoms with Crippen LogP contribution in [-0.4, -0.2) is 23.1 Å². The molecule has 0 fully saturated rings. The molecule has 1 N–H and O–H groups in total. The van der Waals surface area contributed by atoms with Crippen molar-refractivity contribution in [2.75, 3.05) is 12.4 Å². The molecule has 0 aliphatic rings. The zero-order chi connectivity index (χ0) is 18.4. The molecule has 0 aliphatic heterocycles. The van der Waals surface area contributed by atoms with Gasteiger partial charge in [-0.3, -0.25) is 0 Å². The molecular weight excluding hydrogens is 310 g/mol. The summed E-state index contributed by atoms with van der Waals surface area (Å²) in [4.78, 5) is 9.70. The van der Waals surface area contributed by atoms with Gasteiger partial charge in [-0.2, -0.15) is 0 Å². The van der Waals surface area contributed by atoms with Gasteiger partial charge in [0.2, 0.25) is 0 Å². The van der Waals surface area contributed by atoms with Gasteiger partial charge in [-0.25, -0.2) is 9.97 Å². The summed E-state index contributed by atoms with van der Waals surface area (Å²) in [6, 6.07) is 6.55. The Morgan fingerprint density at radius 3 is 2.24 bits per heavy atom. The summed E-state index contributed by atoms with van der Waals surface area (Å²) in [7, 11) is 1.69. The second-order valence-corrected chi connectivity index (χ2v) is 6.69. The lowest BCUT2D eigenvalue weighted by atomic mass is 10.0. The quantitative estimate of drug-likeness (QED) is 0.693. The lowest BCUT2D eigenvalue weighted by molar-refractivity contribution is 0.414. The van der Waals surface area contributed by atoms with Gasteiger partial charge >= 0.3 is 0 Å². The third-order valence-electron chi connectivity index (χ3n) is 4.55. The molecule has 0 spiro atoms. The Hall–Kier alpha value is -2.10. The normalized spacial score (nSPS) is 11.0. The first kappa shape index (κ1) is 19.2. The average Bonchev–Trinajstić information content (AvgIpc) is 2.58. The van der Waals surface area contributed by atoms with Gasteiger partial charge < -0.3 is 10.1 Å². The van der Waals surface area contributed by atoms with Gasteiger partial charge in [0.05, 0.1) is 24.2 Å². The number of nitrogens with zero attached hydrogens (tertiary/aromatic N) is 2. The molecule has 0 amide bonds. The van der Waals surface area contributed by atoms with Crippen LogP contribution in [0, 0.1) is 20.8 Å². The second kappa shape index (κ2) is 8.84. The van der Waals surface area contributed by atoms with Crippen molar-refractivity contribution in [3.63, 3.8) is 0 Å². The summed E-state index contributed by atoms with van der Waals surface area (Å²) in [5.41, 5.74) is 5.11. The predicted octanol–water partition coefficient (Wildman–Crippen LogP) is 5.46. The molecule has 2 aromatic rings. The fourth-order valence-corrected chi connectivity index (χ4v) is 3.20. The van der Waals surface area contributed by atoms with Gasteiger partial charge in [0.1, 0.15) is 11.6 Å². The highest BCUT2D eigenvalue weighted by Gasteiger charge is 2.15. The van der Waals surface area contributed by atoms with Crippen LogP contribution in [0.15, 0.2) is 18.2 Å². The minimum atomic E-state index is 0.468. The summed E-state index contributed by atoms with van der Waals surface area (Å²) in [5, 5.41) is 3.61. The van der Waals surface area contributed by atoms with E-state index >= 15 is 0 Å². The Morgan fingerprint density at radius 1 is 1.00 bits per heavy atom. The number of benzene rings is 1. The second-order valence-electron chi connectivity index (χ2n) is 6.69. The number of aromatic nitrogens is 2. The standard InChI is InChI=1S/C21H31N3O/c1-7-9-17(10-8-2)24-21-16(5)22-20(15(4)23-21)19-12-11-18(25-6)13-14(19)3/h11-13,17H,7-10H2,1-6H3,(H,23,24). The lowest BCUT2D eigenvalue weighted by Crippen LogP contribution is -2.21. The van der Waals surface area contributed by atoms with E-state index in [0.717, 1.165) is 52.6 Å². The van der Waals surface area contributed by atoms with E-state index in [4.69, 9.17) is 14.7 Å². The van der Waals surface area contributed by atoms with Crippen LogP contribution in [0.2, 0.25) is 0 Å². The van der Waals surface area contributed by atoms with Crippen LogP contribution in [0.1, 0.15) is 56.5 Å². The van der Waals surface area contributed by atoms with Crippen molar-refractivity contribution in [1.82, 2.24) is 9.97 Å². The van der Waals surface area contributed by atoms with E-state index in [1.165, 1.54) is 12.8 Å². The molecule has 1 heterocycles. The molecule has 1 aromatic carbocycles. The minimum Gasteiger partial charge on any atom is -0.497 e. The SMILES string of the molecule is CCCC(CCC)Nc1nc(C)c(-c2ccc(OC)cc2C)nc1C. The highest BCUT2D eigenvalue weighted by molar-refractivity contribution is 5.68. The van der Waals surface area contributed by atoms with E-state index in [1.54, 1.807) is 7.11 Å². The molecule has 136 valence electrons. The van der Waals surface area contributed by atoms with Crippen LogP contribution in [0.5, 0.6) is 5.75 Å². The van der Waals surface area contributed by atoms with E-state index < -0.39 is 0 Å². The average molecular weight is 341 g/mol. The highest BCUT2D eigenvalue weighted by atomic mass is 16.5. The fraction of sp³-hybridized carbons (Fsp3) is 0.524. The lowest BCUT2D eigenvalue weighted by Gasteiger charge is -2.20. The Morgan fingerprint density at radius 2 is 1.68 bits per heavy atom. The van der Waals surface area contributed by atoms with Gasteiger partial charge in [0.15, 0.2) is 0 Å². The summed E-state index contributed by atoms with van der Waals surface area (Å²) >= 11 is 0. The maximum atomic E-state index is 5.30. The van der Waals surface area contributed by atoms with Gasteiger partial charge in [-0.1, -0.05) is 26.7 Å². The first-order valence-electron chi connectivity index (χ1n) is 9.26. The minimum absolute atomic E-state index is 0.468. The number of nitrogens with one attached hydrogen (secondary N) is 1. The Labute approximate surface area is 152 Å². The third-order valence-corrected chi connectivity index (χ3v) is 4.55. The summed E-state index contributed by atoms with van der Waals surface area (Å²) in [6.45, 7) is 10.6. The number of ether oxygens (including phenoxy) is 1. The van der Waals surface area contributed by atoms with E-state index in [1.807, 2.05) is 26.0 Å². The maximum absolute atomic E-state index is 5.30. The van der Waals surface area contributed by atoms with E-state index in [-0.39, 0.29) is 0 Å². The molecule has 1 aromatic heterocycles. The molecule has 0 aliphatic carbocycles. The van der Waals surface area contributed by atoms with Gasteiger partial charge in [0.25, 0.3) is 0 Å². The molecule has 0 atom stereocenters. The zero-order valence-corrected chi connectivity index (χ0v) is 16.4. The van der Waals surface area contributed by atoms with Crippen molar-refractivity contribution in [2.24, 2.45) is 0 Å². The molecule has 25 heavy (non-hydrogen) atoms. The summed E-state index contributed by atoms with van der Waals surface area (Å²) in [6.07, 6.45) is 4.67. The number of anilines is 1. The van der Waals surface area contributed by atoms with Crippen LogP contribution in [0.3, 0.4) is 0 Å². The number of hydrogen-bond acceptors (Lipinski definition) is 4. The van der Waals surface area contributed by atoms with Gasteiger partial charge in [0, 0.05) is 11.6 Å². The highest BCUT2D eigenvalue weighted by Crippen LogP contribution is 2.29. The molecule has 0 saturated heterocycles. The molecule has 4 nitrogen and oxygen atoms in total. The van der Waals surface area contributed by atoms with Crippen molar-refractivity contribution in [1.29, 1.82) is 0 Å². The van der Waals surface area contributed by atoms with E-state index in [0.29, 0.717) is 6.04 Å². The summed E-state index contributed by atoms with van der Waals surface area (Å²) < 4.78 is 5.30. The monoisotopic (exact) mass is 341 g/mol. The number of rotatable bonds is 8. The molecule has 0 saturated carbocycles. The van der Waals surface area contributed by atoms with Gasteiger partial charge in [-0.15, -0.1) is 0 Å². The van der Waals surface area contributed by atoms with Crippen molar-refractivity contribution in [3.8, 4) is 17.0 Å². The smallest absolute Gasteiger partial charge is 0.148 e. The Kier molecular flexibility index (Phi) is 6.80. The van der Waals surface area contributed by atoms with Crippen LogP contribution in [-0.2, 0) is 0 Å². The molecule has 0 bridgehead atoms. The molecule has 2 rings (SSSR count). The predicted molar refractivity (Wildman–Crippen MR) is 105 cm³/mol. The molecule has 0 unspecified atom stereocenters. The number of aryl methyl sites for hydroxylation is 3. The summed E-state index contributed by atoms with van der Waals surface area (Å²) in [5.74, 6) is 1.78. The maximum Gasteiger partial charge on any atom is 0.148 e. The first-order chi connectivity index (χ1) is 12.0. The first-order valence-corrected chi connectivity index (χ1v) is 9.26. The Balaban J connectivity index is 2.33. The van der Waals surface area contributed by atoms with Crippen molar-refractivity contribution >= 4 is 5.82 Å². The van der Waals surface area contributed by atoms with Crippen molar-refractivity contribution < 1.29 is 4.74 Å². The van der Waals surface area contributed by atoms with Crippen molar-refractivity contribution in [3.05, 3.63) is 35.2 Å². The van der Waals surface area contributed by atoms with Gasteiger partial charge in [-0.05, 0) is 57.4 Å². The van der Waals surface area contributed by atoms with Crippen LogP contribution >= 0.6 is 0 Å². The number of hydrogen-bond donors (Lipinski definition) is 1. The van der Waals surface area contributed by atoms with Crippen LogP contribution < -0.4 is 10.1 Å². The molecule has 0 radical (unpaired) electrons. The molecule has 4 heteroatoms. The third kappa shape index (κ3) is 4.71. The number of methoxy groups -OCH3 is 1. The van der Waals surface area contributed by atoms with Crippen LogP contribution in [0.4, 0.5) is 5.82 Å². The fourth-order valence-electron chi connectivity index (χ4n) is 3.20. The largest absolute Gasteiger partial charge is 0.497 e. The van der Waals surface area contributed by atoms with E-state index in [2.05, 4.69) is 32.2 Å². The zero-order valence-electron chi connectivity index (χ0n) is 16.4.